The molecule has 1 saturated carbocycles. The van der Waals surface area contributed by atoms with E-state index in [1.54, 1.807) is 6.07 Å². The minimum atomic E-state index is -0.344. The molecule has 21 heavy (non-hydrogen) atoms. The van der Waals surface area contributed by atoms with Gasteiger partial charge in [-0.1, -0.05) is 50.8 Å². The maximum absolute atomic E-state index is 12.1. The van der Waals surface area contributed by atoms with Crippen LogP contribution in [0.2, 0.25) is 0 Å². The van der Waals surface area contributed by atoms with Gasteiger partial charge in [0, 0.05) is 5.56 Å². The maximum Gasteiger partial charge on any atom is 0.335 e. The van der Waals surface area contributed by atoms with Gasteiger partial charge < -0.3 is 4.84 Å². The smallest absolute Gasteiger partial charge is 0.335 e. The van der Waals surface area contributed by atoms with Crippen molar-refractivity contribution in [3.8, 4) is 0 Å². The third-order valence-electron chi connectivity index (χ3n) is 3.96. The van der Waals surface area contributed by atoms with Crippen molar-refractivity contribution >= 4 is 11.9 Å². The summed E-state index contributed by atoms with van der Waals surface area (Å²) in [5.74, 6) is -0.718. The van der Waals surface area contributed by atoms with E-state index in [1.165, 1.54) is 6.42 Å². The lowest BCUT2D eigenvalue weighted by atomic mass is 9.89. The van der Waals surface area contributed by atoms with Crippen molar-refractivity contribution < 1.29 is 14.4 Å². The molecule has 1 aromatic carbocycles. The van der Waals surface area contributed by atoms with Crippen LogP contribution in [0.15, 0.2) is 24.3 Å². The van der Waals surface area contributed by atoms with Crippen LogP contribution in [0.3, 0.4) is 0 Å². The van der Waals surface area contributed by atoms with Crippen LogP contribution in [0.5, 0.6) is 0 Å². The Morgan fingerprint density at radius 1 is 1.19 bits per heavy atom. The van der Waals surface area contributed by atoms with Crippen LogP contribution in [0, 0.1) is 5.92 Å². The Bertz CT molecular complexity index is 493. The van der Waals surface area contributed by atoms with E-state index in [1.807, 2.05) is 18.2 Å². The molecule has 1 N–H and O–H groups in total. The molecular formula is C17H23NO3. The first-order valence-electron chi connectivity index (χ1n) is 7.81. The summed E-state index contributed by atoms with van der Waals surface area (Å²) in [7, 11) is 0. The fourth-order valence-electron chi connectivity index (χ4n) is 2.80. The van der Waals surface area contributed by atoms with Gasteiger partial charge >= 0.3 is 5.97 Å². The van der Waals surface area contributed by atoms with Gasteiger partial charge in [0.25, 0.3) is 5.91 Å². The normalized spacial score (nSPS) is 15.5. The molecule has 114 valence electrons. The van der Waals surface area contributed by atoms with E-state index in [4.69, 9.17) is 4.84 Å². The zero-order valence-corrected chi connectivity index (χ0v) is 12.6. The van der Waals surface area contributed by atoms with E-state index in [-0.39, 0.29) is 17.8 Å². The number of rotatable bonds is 4. The molecule has 0 saturated heterocycles. The molecule has 1 aliphatic rings. The van der Waals surface area contributed by atoms with E-state index in [9.17, 15) is 9.59 Å². The number of hydrogen-bond donors (Lipinski definition) is 1. The Hall–Kier alpha value is -1.84. The number of aryl methyl sites for hydroxylation is 1. The molecule has 1 aromatic rings. The van der Waals surface area contributed by atoms with E-state index in [0.717, 1.165) is 44.1 Å². The van der Waals surface area contributed by atoms with Crippen LogP contribution in [0.25, 0.3) is 0 Å². The van der Waals surface area contributed by atoms with Gasteiger partial charge in [0.05, 0.1) is 5.92 Å². The van der Waals surface area contributed by atoms with Crippen LogP contribution < -0.4 is 5.48 Å². The third-order valence-corrected chi connectivity index (χ3v) is 3.96. The summed E-state index contributed by atoms with van der Waals surface area (Å²) in [6, 6.07) is 7.42. The number of hydrogen-bond acceptors (Lipinski definition) is 3. The number of carbonyl (C=O) groups excluding carboxylic acids is 2. The standard InChI is InChI=1S/C17H23NO3/c1-2-8-13-9-6-7-12-15(13)16(19)18-21-17(20)14-10-4-3-5-11-14/h6-7,9,12,14H,2-5,8,10-11H2,1H3,(H,18,19). The molecule has 4 heteroatoms. The number of hydroxylamine groups is 1. The zero-order chi connectivity index (χ0) is 15.1. The van der Waals surface area contributed by atoms with Crippen molar-refractivity contribution in [1.29, 1.82) is 0 Å². The van der Waals surface area contributed by atoms with Crippen molar-refractivity contribution in [3.05, 3.63) is 35.4 Å². The molecule has 0 bridgehead atoms. The van der Waals surface area contributed by atoms with Gasteiger partial charge in [-0.05, 0) is 30.9 Å². The molecule has 0 heterocycles. The highest BCUT2D eigenvalue weighted by molar-refractivity contribution is 5.95. The first kappa shape index (κ1) is 15.5. The van der Waals surface area contributed by atoms with E-state index >= 15 is 0 Å². The fraction of sp³-hybridized carbons (Fsp3) is 0.529. The van der Waals surface area contributed by atoms with Crippen LogP contribution in [-0.2, 0) is 16.1 Å². The predicted octanol–water partition coefficient (Wildman–Crippen LogP) is 3.41. The Labute approximate surface area is 125 Å². The van der Waals surface area contributed by atoms with E-state index in [0.29, 0.717) is 5.56 Å². The Morgan fingerprint density at radius 3 is 2.62 bits per heavy atom. The van der Waals surface area contributed by atoms with Crippen molar-refractivity contribution in [1.82, 2.24) is 5.48 Å². The highest BCUT2D eigenvalue weighted by atomic mass is 16.7. The van der Waals surface area contributed by atoms with Crippen molar-refractivity contribution in [2.24, 2.45) is 5.92 Å². The summed E-state index contributed by atoms with van der Waals surface area (Å²) in [5, 5.41) is 0. The molecule has 0 aromatic heterocycles. The molecule has 1 fully saturated rings. The molecule has 0 aliphatic heterocycles. The largest absolute Gasteiger partial charge is 0.340 e. The van der Waals surface area contributed by atoms with Gasteiger partial charge in [0.1, 0.15) is 0 Å². The maximum atomic E-state index is 12.1. The van der Waals surface area contributed by atoms with Crippen molar-refractivity contribution in [2.75, 3.05) is 0 Å². The van der Waals surface area contributed by atoms with Crippen molar-refractivity contribution in [2.45, 2.75) is 51.9 Å². The minimum Gasteiger partial charge on any atom is -0.340 e. The Morgan fingerprint density at radius 2 is 1.90 bits per heavy atom. The monoisotopic (exact) mass is 289 g/mol. The average molecular weight is 289 g/mol. The Balaban J connectivity index is 1.90. The topological polar surface area (TPSA) is 55.4 Å². The number of carbonyl (C=O) groups is 2. The summed E-state index contributed by atoms with van der Waals surface area (Å²) >= 11 is 0. The second kappa shape index (κ2) is 7.81. The summed E-state index contributed by atoms with van der Waals surface area (Å²) in [6.45, 7) is 2.07. The lowest BCUT2D eigenvalue weighted by Gasteiger charge is -2.19. The molecule has 4 nitrogen and oxygen atoms in total. The first-order valence-corrected chi connectivity index (χ1v) is 7.81. The van der Waals surface area contributed by atoms with Gasteiger partial charge in [-0.15, -0.1) is 0 Å². The Kier molecular flexibility index (Phi) is 5.78. The minimum absolute atomic E-state index is 0.0649. The molecule has 1 amide bonds. The number of amides is 1. The second-order valence-corrected chi connectivity index (χ2v) is 5.59. The van der Waals surface area contributed by atoms with Crippen LogP contribution in [-0.4, -0.2) is 11.9 Å². The third kappa shape index (κ3) is 4.31. The summed E-state index contributed by atoms with van der Waals surface area (Å²) < 4.78 is 0. The molecular weight excluding hydrogens is 266 g/mol. The average Bonchev–Trinajstić information content (AvgIpc) is 2.54. The molecule has 0 spiro atoms. The van der Waals surface area contributed by atoms with Gasteiger partial charge in [-0.25, -0.2) is 4.79 Å². The van der Waals surface area contributed by atoms with Crippen LogP contribution >= 0.6 is 0 Å². The summed E-state index contributed by atoms with van der Waals surface area (Å²) in [5.41, 5.74) is 3.86. The fourth-order valence-corrected chi connectivity index (χ4v) is 2.80. The van der Waals surface area contributed by atoms with Gasteiger partial charge in [0.2, 0.25) is 0 Å². The summed E-state index contributed by atoms with van der Waals surface area (Å²) in [4.78, 5) is 29.0. The highest BCUT2D eigenvalue weighted by Crippen LogP contribution is 2.24. The number of benzene rings is 1. The van der Waals surface area contributed by atoms with Gasteiger partial charge in [0.15, 0.2) is 0 Å². The SMILES string of the molecule is CCCc1ccccc1C(=O)NOC(=O)C1CCCCC1. The van der Waals surface area contributed by atoms with E-state index < -0.39 is 0 Å². The van der Waals surface area contributed by atoms with Crippen LogP contribution in [0.4, 0.5) is 0 Å². The first-order chi connectivity index (χ1) is 10.2. The molecule has 0 atom stereocenters. The zero-order valence-electron chi connectivity index (χ0n) is 12.6. The molecule has 1 aliphatic carbocycles. The quantitative estimate of drug-likeness (QED) is 0.864. The van der Waals surface area contributed by atoms with Gasteiger partial charge in [-0.3, -0.25) is 4.79 Å². The van der Waals surface area contributed by atoms with Gasteiger partial charge in [-0.2, -0.15) is 5.48 Å². The second-order valence-electron chi connectivity index (χ2n) is 5.59. The lowest BCUT2D eigenvalue weighted by molar-refractivity contribution is -0.155. The molecule has 0 unspecified atom stereocenters. The predicted molar refractivity (Wildman–Crippen MR) is 80.6 cm³/mol. The number of nitrogens with one attached hydrogen (secondary N) is 1. The lowest BCUT2D eigenvalue weighted by Crippen LogP contribution is -2.31. The van der Waals surface area contributed by atoms with Crippen molar-refractivity contribution in [3.63, 3.8) is 0 Å². The molecule has 0 radical (unpaired) electrons. The highest BCUT2D eigenvalue weighted by Gasteiger charge is 2.23. The van der Waals surface area contributed by atoms with Crippen LogP contribution in [0.1, 0.15) is 61.4 Å². The molecule has 2 rings (SSSR count). The summed E-state index contributed by atoms with van der Waals surface area (Å²) in [6.07, 6.45) is 6.83. The van der Waals surface area contributed by atoms with E-state index in [2.05, 4.69) is 12.4 Å².